The van der Waals surface area contributed by atoms with Crippen LogP contribution >= 0.6 is 0 Å². The van der Waals surface area contributed by atoms with Crippen LogP contribution in [0.4, 0.5) is 0 Å². The van der Waals surface area contributed by atoms with Crippen LogP contribution in [-0.2, 0) is 33.3 Å². The van der Waals surface area contributed by atoms with Gasteiger partial charge in [-0.15, -0.1) is 0 Å². The molecule has 9 nitrogen and oxygen atoms in total. The summed E-state index contributed by atoms with van der Waals surface area (Å²) in [7, 11) is 5.95. The minimum atomic E-state index is -1.52. The van der Waals surface area contributed by atoms with E-state index in [-0.39, 0.29) is 32.2 Å². The minimum absolute atomic E-state index is 0.180. The van der Waals surface area contributed by atoms with Crippen molar-refractivity contribution in [3.05, 3.63) is 85.1 Å². The highest BCUT2D eigenvalue weighted by Crippen LogP contribution is 2.14. The number of carboxylic acids is 1. The van der Waals surface area contributed by atoms with Crippen molar-refractivity contribution in [3.8, 4) is 0 Å². The number of likely N-dealkylation sites (N-methyl/N-ethyl adjacent to an activating group) is 1. The molecule has 0 saturated heterocycles. The first kappa shape index (κ1) is 61.5. The number of quaternary nitrogens is 1. The van der Waals surface area contributed by atoms with E-state index in [4.69, 9.17) is 18.9 Å². The average molecular weight is 911 g/mol. The van der Waals surface area contributed by atoms with Gasteiger partial charge < -0.3 is 28.5 Å². The number of ether oxygens (including phenoxy) is 4. The summed E-state index contributed by atoms with van der Waals surface area (Å²) in [5.41, 5.74) is 0. The number of aliphatic carboxylic acids is 1. The SMILES string of the molecule is CC/C=C\C/C=C\C/C=C\C/C=C\C/C=C\C/C=C\C/C=C\CCCCCCCC(=O)OC(COC(=O)CCCCCCCCCCCCCCC)COC(OCC[N+](C)(C)C)C(=O)O. The van der Waals surface area contributed by atoms with Crippen LogP contribution in [0.5, 0.6) is 0 Å². The van der Waals surface area contributed by atoms with E-state index in [1.807, 2.05) is 21.1 Å². The molecule has 1 N–H and O–H groups in total. The van der Waals surface area contributed by atoms with Crippen molar-refractivity contribution in [2.24, 2.45) is 0 Å². The van der Waals surface area contributed by atoms with Crippen LogP contribution in [0, 0.1) is 0 Å². The van der Waals surface area contributed by atoms with Gasteiger partial charge in [-0.25, -0.2) is 4.79 Å². The molecule has 0 aliphatic carbocycles. The first-order valence-electron chi connectivity index (χ1n) is 25.8. The third-order valence-electron chi connectivity index (χ3n) is 10.7. The number of rotatable bonds is 46. The Labute approximate surface area is 398 Å². The van der Waals surface area contributed by atoms with Crippen molar-refractivity contribution in [1.29, 1.82) is 0 Å². The summed E-state index contributed by atoms with van der Waals surface area (Å²) in [5, 5.41) is 9.66. The summed E-state index contributed by atoms with van der Waals surface area (Å²) >= 11 is 0. The standard InChI is InChI=1S/C56H95NO8/c1-6-8-10-12-14-16-18-20-21-22-23-24-25-26-27-28-29-30-31-32-33-35-37-39-41-43-45-47-54(59)65-52(51-64-56(55(60)61)62-49-48-57(3,4)5)50-63-53(58)46-44-42-40-38-36-34-19-17-15-13-11-9-7-2/h8,10,14,16,20-21,23-24,26-27,29-30,32-33,52,56H,6-7,9,11-13,15,17-19,22,25,28,31,34-51H2,1-5H3/p+1/b10-8-,16-14-,21-20-,24-23-,27-26-,30-29-,33-32-. The fourth-order valence-electron chi connectivity index (χ4n) is 6.70. The number of carbonyl (C=O) groups excluding carboxylic acids is 2. The number of unbranched alkanes of at least 4 members (excludes halogenated alkanes) is 17. The summed E-state index contributed by atoms with van der Waals surface area (Å²) in [5.74, 6) is -2.04. The van der Waals surface area contributed by atoms with Crippen molar-refractivity contribution in [3.63, 3.8) is 0 Å². The van der Waals surface area contributed by atoms with Gasteiger partial charge in [-0.05, 0) is 70.6 Å². The first-order valence-corrected chi connectivity index (χ1v) is 25.8. The molecule has 9 heteroatoms. The maximum atomic E-state index is 12.8. The van der Waals surface area contributed by atoms with Crippen molar-refractivity contribution >= 4 is 17.9 Å². The maximum Gasteiger partial charge on any atom is 0.361 e. The molecular weight excluding hydrogens is 815 g/mol. The van der Waals surface area contributed by atoms with E-state index in [0.29, 0.717) is 23.9 Å². The Morgan fingerprint density at radius 3 is 1.31 bits per heavy atom. The third-order valence-corrected chi connectivity index (χ3v) is 10.7. The van der Waals surface area contributed by atoms with Gasteiger partial charge in [0.1, 0.15) is 13.2 Å². The Balaban J connectivity index is 4.37. The van der Waals surface area contributed by atoms with Gasteiger partial charge in [-0.3, -0.25) is 9.59 Å². The molecule has 0 aromatic rings. The molecule has 0 spiro atoms. The molecule has 0 radical (unpaired) electrons. The quantitative estimate of drug-likeness (QED) is 0.0211. The van der Waals surface area contributed by atoms with E-state index in [9.17, 15) is 19.5 Å². The second-order valence-electron chi connectivity index (χ2n) is 18.1. The molecule has 0 heterocycles. The monoisotopic (exact) mass is 911 g/mol. The zero-order valence-corrected chi connectivity index (χ0v) is 42.1. The molecule has 0 fully saturated rings. The number of allylic oxidation sites excluding steroid dienone is 14. The molecule has 0 amide bonds. The van der Waals surface area contributed by atoms with Gasteiger partial charge in [0, 0.05) is 12.8 Å². The van der Waals surface area contributed by atoms with E-state index in [2.05, 4.69) is 98.9 Å². The first-order chi connectivity index (χ1) is 31.6. The van der Waals surface area contributed by atoms with Gasteiger partial charge in [-0.1, -0.05) is 195 Å². The molecule has 0 aliphatic heterocycles. The zero-order chi connectivity index (χ0) is 47.7. The summed E-state index contributed by atoms with van der Waals surface area (Å²) < 4.78 is 22.8. The molecule has 0 bridgehead atoms. The molecule has 0 aromatic carbocycles. The van der Waals surface area contributed by atoms with Gasteiger partial charge in [0.15, 0.2) is 6.10 Å². The second-order valence-corrected chi connectivity index (χ2v) is 18.1. The molecule has 0 rings (SSSR count). The predicted octanol–water partition coefficient (Wildman–Crippen LogP) is 14.4. The summed E-state index contributed by atoms with van der Waals surface area (Å²) in [6, 6.07) is 0. The number of nitrogens with zero attached hydrogens (tertiary/aromatic N) is 1. The third kappa shape index (κ3) is 48.2. The highest BCUT2D eigenvalue weighted by molar-refractivity contribution is 5.71. The lowest BCUT2D eigenvalue weighted by Gasteiger charge is -2.25. The van der Waals surface area contributed by atoms with Crippen molar-refractivity contribution in [1.82, 2.24) is 0 Å². The molecule has 65 heavy (non-hydrogen) atoms. The molecular formula is C56H96NO8+. The summed E-state index contributed by atoms with van der Waals surface area (Å²) in [4.78, 5) is 37.2. The van der Waals surface area contributed by atoms with Crippen LogP contribution in [-0.4, -0.2) is 87.4 Å². The van der Waals surface area contributed by atoms with Crippen LogP contribution in [0.25, 0.3) is 0 Å². The highest BCUT2D eigenvalue weighted by Gasteiger charge is 2.25. The highest BCUT2D eigenvalue weighted by atomic mass is 16.7. The van der Waals surface area contributed by atoms with Crippen LogP contribution in [0.2, 0.25) is 0 Å². The molecule has 2 unspecified atom stereocenters. The largest absolute Gasteiger partial charge is 0.477 e. The van der Waals surface area contributed by atoms with Crippen LogP contribution in [0.15, 0.2) is 85.1 Å². The Morgan fingerprint density at radius 1 is 0.477 bits per heavy atom. The number of esters is 2. The van der Waals surface area contributed by atoms with Crippen molar-refractivity contribution in [2.75, 3.05) is 47.5 Å². The lowest BCUT2D eigenvalue weighted by Crippen LogP contribution is -2.40. The Hall–Kier alpha value is -3.53. The van der Waals surface area contributed by atoms with Gasteiger partial charge in [0.2, 0.25) is 0 Å². The van der Waals surface area contributed by atoms with Crippen LogP contribution in [0.3, 0.4) is 0 Å². The molecule has 0 aliphatic rings. The Kier molecular flexibility index (Phi) is 44.4. The number of carbonyl (C=O) groups is 3. The second kappa shape index (κ2) is 47.0. The van der Waals surface area contributed by atoms with E-state index in [0.717, 1.165) is 96.3 Å². The lowest BCUT2D eigenvalue weighted by atomic mass is 10.0. The Bertz CT molecular complexity index is 1340. The van der Waals surface area contributed by atoms with Crippen molar-refractivity contribution < 1.29 is 42.9 Å². The van der Waals surface area contributed by atoms with Crippen LogP contribution in [0.1, 0.15) is 194 Å². The van der Waals surface area contributed by atoms with Gasteiger partial charge in [-0.2, -0.15) is 0 Å². The summed E-state index contributed by atoms with van der Waals surface area (Å²) in [6.07, 6.45) is 57.9. The average Bonchev–Trinajstić information content (AvgIpc) is 3.27. The van der Waals surface area contributed by atoms with E-state index < -0.39 is 24.3 Å². The molecule has 0 saturated carbocycles. The van der Waals surface area contributed by atoms with E-state index in [1.54, 1.807) is 0 Å². The topological polar surface area (TPSA) is 108 Å². The molecule has 0 aromatic heterocycles. The van der Waals surface area contributed by atoms with E-state index in [1.165, 1.54) is 64.2 Å². The normalized spacial score (nSPS) is 13.6. The fraction of sp³-hybridized carbons (Fsp3) is 0.696. The maximum absolute atomic E-state index is 12.8. The van der Waals surface area contributed by atoms with E-state index >= 15 is 0 Å². The zero-order valence-electron chi connectivity index (χ0n) is 42.1. The summed E-state index contributed by atoms with van der Waals surface area (Å²) in [6.45, 7) is 4.72. The van der Waals surface area contributed by atoms with Crippen molar-refractivity contribution in [2.45, 2.75) is 206 Å². The van der Waals surface area contributed by atoms with Crippen LogP contribution < -0.4 is 0 Å². The Morgan fingerprint density at radius 2 is 0.877 bits per heavy atom. The molecule has 372 valence electrons. The number of hydrogen-bond acceptors (Lipinski definition) is 7. The van der Waals surface area contributed by atoms with Gasteiger partial charge >= 0.3 is 17.9 Å². The number of carboxylic acid groups (broad SMARTS) is 1. The fourth-order valence-corrected chi connectivity index (χ4v) is 6.70. The minimum Gasteiger partial charge on any atom is -0.477 e. The smallest absolute Gasteiger partial charge is 0.361 e. The lowest BCUT2D eigenvalue weighted by molar-refractivity contribution is -0.870. The molecule has 2 atom stereocenters. The number of hydrogen-bond donors (Lipinski definition) is 1. The predicted molar refractivity (Wildman–Crippen MR) is 272 cm³/mol. The van der Waals surface area contributed by atoms with Gasteiger partial charge in [0.05, 0.1) is 34.4 Å². The van der Waals surface area contributed by atoms with Gasteiger partial charge in [0.25, 0.3) is 6.29 Å².